The Bertz CT molecular complexity index is 508. The van der Waals surface area contributed by atoms with E-state index in [9.17, 15) is 4.79 Å². The molecule has 0 radical (unpaired) electrons. The zero-order valence-corrected chi connectivity index (χ0v) is 11.1. The average molecular weight is 260 g/mol. The van der Waals surface area contributed by atoms with Gasteiger partial charge < -0.3 is 10.6 Å². The van der Waals surface area contributed by atoms with Gasteiger partial charge in [0.1, 0.15) is 0 Å². The topological polar surface area (TPSA) is 41.1 Å². The lowest BCUT2D eigenvalue weighted by Crippen LogP contribution is -2.20. The zero-order chi connectivity index (χ0) is 12.8. The summed E-state index contributed by atoms with van der Waals surface area (Å²) >= 11 is 1.72. The summed E-state index contributed by atoms with van der Waals surface area (Å²) < 4.78 is 0. The Morgan fingerprint density at radius 2 is 2.06 bits per heavy atom. The molecule has 0 atom stereocenters. The Labute approximate surface area is 111 Å². The predicted molar refractivity (Wildman–Crippen MR) is 75.9 cm³/mol. The zero-order valence-electron chi connectivity index (χ0n) is 10.3. The summed E-state index contributed by atoms with van der Waals surface area (Å²) in [5, 5.41) is 8.08. The van der Waals surface area contributed by atoms with Gasteiger partial charge in [-0.05, 0) is 23.1 Å². The molecule has 1 amide bonds. The quantitative estimate of drug-likeness (QED) is 0.867. The largest absolute Gasteiger partial charge is 0.380 e. The minimum atomic E-state index is 0.0281. The first-order chi connectivity index (χ1) is 8.79. The van der Waals surface area contributed by atoms with Crippen LogP contribution in [0.3, 0.4) is 0 Å². The first-order valence-electron chi connectivity index (χ1n) is 5.84. The molecule has 3 nitrogen and oxygen atoms in total. The highest BCUT2D eigenvalue weighted by Crippen LogP contribution is 2.18. The van der Waals surface area contributed by atoms with Crippen LogP contribution in [0.2, 0.25) is 0 Å². The van der Waals surface area contributed by atoms with E-state index in [2.05, 4.69) is 22.1 Å². The van der Waals surface area contributed by atoms with Crippen LogP contribution < -0.4 is 10.6 Å². The third-order valence-corrected chi connectivity index (χ3v) is 3.56. The Morgan fingerprint density at radius 1 is 1.22 bits per heavy atom. The first kappa shape index (κ1) is 12.6. The summed E-state index contributed by atoms with van der Waals surface area (Å²) in [5.74, 6) is 0.0281. The monoisotopic (exact) mass is 260 g/mol. The maximum absolute atomic E-state index is 11.4. The smallest absolute Gasteiger partial charge is 0.224 e. The molecule has 2 rings (SSSR count). The van der Waals surface area contributed by atoms with Crippen molar-refractivity contribution in [2.45, 2.75) is 13.0 Å². The Kier molecular flexibility index (Phi) is 4.36. The van der Waals surface area contributed by atoms with Crippen LogP contribution in [0.15, 0.2) is 41.8 Å². The van der Waals surface area contributed by atoms with Gasteiger partial charge in [0.2, 0.25) is 5.91 Å². The van der Waals surface area contributed by atoms with E-state index < -0.39 is 0 Å². The number of thiophene rings is 1. The SMILES string of the molecule is CNC(=O)Cc1ccccc1NCc1cccs1. The van der Waals surface area contributed by atoms with Gasteiger partial charge in [0.15, 0.2) is 0 Å². The van der Waals surface area contributed by atoms with Gasteiger partial charge >= 0.3 is 0 Å². The van der Waals surface area contributed by atoms with Gasteiger partial charge in [0, 0.05) is 24.2 Å². The molecule has 0 aliphatic heterocycles. The molecule has 2 N–H and O–H groups in total. The number of anilines is 1. The van der Waals surface area contributed by atoms with Gasteiger partial charge in [0.05, 0.1) is 6.42 Å². The van der Waals surface area contributed by atoms with E-state index in [0.717, 1.165) is 17.8 Å². The van der Waals surface area contributed by atoms with E-state index >= 15 is 0 Å². The maximum Gasteiger partial charge on any atom is 0.224 e. The number of carbonyl (C=O) groups excluding carboxylic acids is 1. The van der Waals surface area contributed by atoms with Crippen molar-refractivity contribution in [1.29, 1.82) is 0 Å². The van der Waals surface area contributed by atoms with Crippen LogP contribution in [0.25, 0.3) is 0 Å². The number of rotatable bonds is 5. The van der Waals surface area contributed by atoms with Crippen LogP contribution in [0.4, 0.5) is 5.69 Å². The summed E-state index contributed by atoms with van der Waals surface area (Å²) in [6, 6.07) is 12.0. The lowest BCUT2D eigenvalue weighted by atomic mass is 10.1. The average Bonchev–Trinajstić information content (AvgIpc) is 2.91. The summed E-state index contributed by atoms with van der Waals surface area (Å²) in [6.07, 6.45) is 0.407. The molecule has 18 heavy (non-hydrogen) atoms. The van der Waals surface area contributed by atoms with Crippen molar-refractivity contribution in [2.24, 2.45) is 0 Å². The number of hydrogen-bond acceptors (Lipinski definition) is 3. The van der Waals surface area contributed by atoms with Gasteiger partial charge in [-0.1, -0.05) is 24.3 Å². The molecule has 1 aromatic heterocycles. The molecule has 0 aliphatic carbocycles. The van der Waals surface area contributed by atoms with Crippen molar-refractivity contribution < 1.29 is 4.79 Å². The van der Waals surface area contributed by atoms with E-state index in [1.54, 1.807) is 18.4 Å². The number of hydrogen-bond donors (Lipinski definition) is 2. The normalized spacial score (nSPS) is 10.1. The van der Waals surface area contributed by atoms with Gasteiger partial charge in [-0.3, -0.25) is 4.79 Å². The maximum atomic E-state index is 11.4. The molecular weight excluding hydrogens is 244 g/mol. The van der Waals surface area contributed by atoms with Crippen molar-refractivity contribution >= 4 is 22.9 Å². The number of carbonyl (C=O) groups is 1. The van der Waals surface area contributed by atoms with Gasteiger partial charge in [-0.2, -0.15) is 0 Å². The number of likely N-dealkylation sites (N-methyl/N-ethyl adjacent to an activating group) is 1. The van der Waals surface area contributed by atoms with Crippen molar-refractivity contribution in [3.63, 3.8) is 0 Å². The highest BCUT2D eigenvalue weighted by Gasteiger charge is 2.06. The summed E-state index contributed by atoms with van der Waals surface area (Å²) in [4.78, 5) is 12.7. The molecule has 94 valence electrons. The van der Waals surface area contributed by atoms with Crippen LogP contribution in [0.1, 0.15) is 10.4 Å². The second-order valence-corrected chi connectivity index (χ2v) is 4.97. The van der Waals surface area contributed by atoms with Crippen molar-refractivity contribution in [1.82, 2.24) is 5.32 Å². The number of amides is 1. The number of nitrogens with one attached hydrogen (secondary N) is 2. The minimum absolute atomic E-state index is 0.0281. The standard InChI is InChI=1S/C14H16N2OS/c1-15-14(17)9-11-5-2-3-7-13(11)16-10-12-6-4-8-18-12/h2-8,16H,9-10H2,1H3,(H,15,17). The third kappa shape index (κ3) is 3.34. The molecule has 4 heteroatoms. The number of benzene rings is 1. The van der Waals surface area contributed by atoms with Crippen LogP contribution in [0, 0.1) is 0 Å². The molecule has 0 bridgehead atoms. The molecule has 0 aliphatic rings. The van der Waals surface area contributed by atoms with E-state index in [-0.39, 0.29) is 5.91 Å². The first-order valence-corrected chi connectivity index (χ1v) is 6.72. The van der Waals surface area contributed by atoms with Gasteiger partial charge in [0.25, 0.3) is 0 Å². The fourth-order valence-corrected chi connectivity index (χ4v) is 2.35. The van der Waals surface area contributed by atoms with E-state index in [0.29, 0.717) is 6.42 Å². The fraction of sp³-hybridized carbons (Fsp3) is 0.214. The molecular formula is C14H16N2OS. The van der Waals surface area contributed by atoms with Crippen LogP contribution >= 0.6 is 11.3 Å². The molecule has 2 aromatic rings. The molecule has 0 unspecified atom stereocenters. The second-order valence-electron chi connectivity index (χ2n) is 3.94. The predicted octanol–water partition coefficient (Wildman–Crippen LogP) is 2.65. The van der Waals surface area contributed by atoms with Gasteiger partial charge in [-0.25, -0.2) is 0 Å². The van der Waals surface area contributed by atoms with Crippen LogP contribution in [-0.2, 0) is 17.8 Å². The minimum Gasteiger partial charge on any atom is -0.380 e. The molecule has 0 saturated heterocycles. The highest BCUT2D eigenvalue weighted by atomic mass is 32.1. The molecule has 0 fully saturated rings. The molecule has 1 heterocycles. The number of para-hydroxylation sites is 1. The Morgan fingerprint density at radius 3 is 2.78 bits per heavy atom. The Hall–Kier alpha value is -1.81. The van der Waals surface area contributed by atoms with Crippen molar-refractivity contribution in [2.75, 3.05) is 12.4 Å². The van der Waals surface area contributed by atoms with E-state index in [4.69, 9.17) is 0 Å². The van der Waals surface area contributed by atoms with Gasteiger partial charge in [-0.15, -0.1) is 11.3 Å². The lowest BCUT2D eigenvalue weighted by molar-refractivity contribution is -0.119. The third-order valence-electron chi connectivity index (χ3n) is 2.68. The Balaban J connectivity index is 2.05. The van der Waals surface area contributed by atoms with E-state index in [1.165, 1.54) is 4.88 Å². The fourth-order valence-electron chi connectivity index (χ4n) is 1.70. The summed E-state index contributed by atoms with van der Waals surface area (Å²) in [7, 11) is 1.66. The molecule has 1 aromatic carbocycles. The highest BCUT2D eigenvalue weighted by molar-refractivity contribution is 7.09. The van der Waals surface area contributed by atoms with Crippen LogP contribution in [-0.4, -0.2) is 13.0 Å². The molecule has 0 spiro atoms. The van der Waals surface area contributed by atoms with Crippen molar-refractivity contribution in [3.05, 3.63) is 52.2 Å². The lowest BCUT2D eigenvalue weighted by Gasteiger charge is -2.10. The summed E-state index contributed by atoms with van der Waals surface area (Å²) in [5.41, 5.74) is 2.04. The van der Waals surface area contributed by atoms with Crippen LogP contribution in [0.5, 0.6) is 0 Å². The van der Waals surface area contributed by atoms with E-state index in [1.807, 2.05) is 30.3 Å². The second kappa shape index (κ2) is 6.21. The van der Waals surface area contributed by atoms with Crippen molar-refractivity contribution in [3.8, 4) is 0 Å². The summed E-state index contributed by atoms with van der Waals surface area (Å²) in [6.45, 7) is 0.794. The molecule has 0 saturated carbocycles.